The predicted octanol–water partition coefficient (Wildman–Crippen LogP) is 5.30. The number of unbranched alkanes of at least 4 members (excludes halogenated alkanes) is 1. The lowest BCUT2D eigenvalue weighted by molar-refractivity contribution is 0.408. The third kappa shape index (κ3) is 5.07. The van der Waals surface area contributed by atoms with Gasteiger partial charge < -0.3 is 10.2 Å². The van der Waals surface area contributed by atoms with E-state index in [2.05, 4.69) is 73.5 Å². The van der Waals surface area contributed by atoms with Gasteiger partial charge in [0, 0.05) is 18.8 Å². The molecule has 2 nitrogen and oxygen atoms in total. The molecule has 0 aliphatic heterocycles. The number of benzene rings is 2. The maximum atomic E-state index is 5.70. The monoisotopic (exact) mass is 326 g/mol. The topological polar surface area (TPSA) is 15.3 Å². The molecule has 0 atom stereocenters. The van der Waals surface area contributed by atoms with E-state index in [-0.39, 0.29) is 0 Å². The predicted molar refractivity (Wildman–Crippen MR) is 104 cm³/mol. The molecular weight excluding hydrogens is 300 g/mol. The van der Waals surface area contributed by atoms with Crippen LogP contribution in [0.1, 0.15) is 36.5 Å². The number of nitrogens with zero attached hydrogens (tertiary/aromatic N) is 1. The maximum Gasteiger partial charge on any atom is 0.173 e. The zero-order valence-corrected chi connectivity index (χ0v) is 15.1. The Labute approximate surface area is 145 Å². The van der Waals surface area contributed by atoms with E-state index in [1.54, 1.807) is 0 Å². The summed E-state index contributed by atoms with van der Waals surface area (Å²) in [6, 6.07) is 16.8. The highest BCUT2D eigenvalue weighted by atomic mass is 32.1. The minimum atomic E-state index is 0.805. The Morgan fingerprint density at radius 2 is 1.65 bits per heavy atom. The fourth-order valence-electron chi connectivity index (χ4n) is 2.60. The van der Waals surface area contributed by atoms with Crippen LogP contribution in [0.25, 0.3) is 0 Å². The minimum absolute atomic E-state index is 0.805. The summed E-state index contributed by atoms with van der Waals surface area (Å²) in [5.74, 6) is 0. The normalized spacial score (nSPS) is 10.4. The first-order valence-electron chi connectivity index (χ1n) is 8.28. The molecule has 0 fully saturated rings. The lowest BCUT2D eigenvalue weighted by Gasteiger charge is -2.27. The lowest BCUT2D eigenvalue weighted by atomic mass is 10.1. The standard InChI is InChI=1S/C20H26N2S/c1-4-5-14-22(15-18-12-7-6-8-13-18)20(23)21-19-16(2)10-9-11-17(19)3/h6-13H,4-5,14-15H2,1-3H3,(H,21,23). The van der Waals surface area contributed by atoms with Gasteiger partial charge in [0.2, 0.25) is 0 Å². The van der Waals surface area contributed by atoms with Gasteiger partial charge in [-0.3, -0.25) is 0 Å². The molecule has 0 saturated heterocycles. The van der Waals surface area contributed by atoms with Crippen LogP contribution < -0.4 is 5.32 Å². The van der Waals surface area contributed by atoms with Crippen LogP contribution in [0, 0.1) is 13.8 Å². The molecule has 0 heterocycles. The third-order valence-electron chi connectivity index (χ3n) is 4.00. The van der Waals surface area contributed by atoms with E-state index in [1.165, 1.54) is 16.7 Å². The Kier molecular flexibility index (Phi) is 6.60. The number of aryl methyl sites for hydroxylation is 2. The summed E-state index contributed by atoms with van der Waals surface area (Å²) in [7, 11) is 0. The number of thiocarbonyl (C=S) groups is 1. The molecular formula is C20H26N2S. The first-order valence-corrected chi connectivity index (χ1v) is 8.68. The Balaban J connectivity index is 2.13. The van der Waals surface area contributed by atoms with E-state index in [1.807, 2.05) is 6.07 Å². The van der Waals surface area contributed by atoms with Crippen molar-refractivity contribution in [2.24, 2.45) is 0 Å². The summed E-state index contributed by atoms with van der Waals surface area (Å²) in [6.07, 6.45) is 2.30. The van der Waals surface area contributed by atoms with Crippen LogP contribution in [0.5, 0.6) is 0 Å². The highest BCUT2D eigenvalue weighted by Crippen LogP contribution is 2.20. The summed E-state index contributed by atoms with van der Waals surface area (Å²) >= 11 is 5.70. The molecule has 23 heavy (non-hydrogen) atoms. The fourth-order valence-corrected chi connectivity index (χ4v) is 2.86. The molecule has 0 spiro atoms. The van der Waals surface area contributed by atoms with Crippen molar-refractivity contribution >= 4 is 23.0 Å². The van der Waals surface area contributed by atoms with E-state index in [9.17, 15) is 0 Å². The Morgan fingerprint density at radius 1 is 1.00 bits per heavy atom. The van der Waals surface area contributed by atoms with E-state index < -0.39 is 0 Å². The summed E-state index contributed by atoms with van der Waals surface area (Å²) in [5.41, 5.74) is 4.87. The van der Waals surface area contributed by atoms with Gasteiger partial charge in [-0.1, -0.05) is 61.9 Å². The van der Waals surface area contributed by atoms with Crippen molar-refractivity contribution in [2.45, 2.75) is 40.2 Å². The van der Waals surface area contributed by atoms with Crippen molar-refractivity contribution < 1.29 is 0 Å². The van der Waals surface area contributed by atoms with Crippen LogP contribution >= 0.6 is 12.2 Å². The largest absolute Gasteiger partial charge is 0.345 e. The van der Waals surface area contributed by atoms with Crippen LogP contribution in [0.4, 0.5) is 5.69 Å². The van der Waals surface area contributed by atoms with Gasteiger partial charge in [-0.15, -0.1) is 0 Å². The van der Waals surface area contributed by atoms with Gasteiger partial charge in [0.1, 0.15) is 0 Å². The molecule has 0 radical (unpaired) electrons. The van der Waals surface area contributed by atoms with Crippen molar-refractivity contribution in [1.29, 1.82) is 0 Å². The van der Waals surface area contributed by atoms with E-state index >= 15 is 0 Å². The second-order valence-corrected chi connectivity index (χ2v) is 6.34. The molecule has 2 aromatic carbocycles. The maximum absolute atomic E-state index is 5.70. The number of rotatable bonds is 6. The van der Waals surface area contributed by atoms with Gasteiger partial charge in [-0.25, -0.2) is 0 Å². The first kappa shape index (κ1) is 17.5. The minimum Gasteiger partial charge on any atom is -0.345 e. The molecule has 0 aliphatic carbocycles. The first-order chi connectivity index (χ1) is 11.1. The smallest absolute Gasteiger partial charge is 0.173 e. The van der Waals surface area contributed by atoms with Gasteiger partial charge in [0.25, 0.3) is 0 Å². The number of nitrogens with one attached hydrogen (secondary N) is 1. The van der Waals surface area contributed by atoms with E-state index in [0.717, 1.165) is 36.7 Å². The molecule has 3 heteroatoms. The Hall–Kier alpha value is -1.87. The van der Waals surface area contributed by atoms with Crippen LogP contribution in [0.3, 0.4) is 0 Å². The second kappa shape index (κ2) is 8.68. The summed E-state index contributed by atoms with van der Waals surface area (Å²) in [4.78, 5) is 2.26. The van der Waals surface area contributed by atoms with E-state index in [0.29, 0.717) is 0 Å². The Morgan fingerprint density at radius 3 is 2.26 bits per heavy atom. The zero-order chi connectivity index (χ0) is 16.7. The lowest BCUT2D eigenvalue weighted by Crippen LogP contribution is -2.35. The average molecular weight is 327 g/mol. The third-order valence-corrected chi connectivity index (χ3v) is 4.36. The molecule has 2 rings (SSSR count). The Bertz CT molecular complexity index is 617. The molecule has 0 saturated carbocycles. The molecule has 0 unspecified atom stereocenters. The van der Waals surface area contributed by atoms with E-state index in [4.69, 9.17) is 12.2 Å². The van der Waals surface area contributed by atoms with Crippen LogP contribution in [-0.2, 0) is 6.54 Å². The van der Waals surface area contributed by atoms with Gasteiger partial charge >= 0.3 is 0 Å². The number of hydrogen-bond acceptors (Lipinski definition) is 1. The van der Waals surface area contributed by atoms with Gasteiger partial charge in [-0.2, -0.15) is 0 Å². The molecule has 0 bridgehead atoms. The van der Waals surface area contributed by atoms with Gasteiger partial charge in [0.05, 0.1) is 0 Å². The summed E-state index contributed by atoms with van der Waals surface area (Å²) in [6.45, 7) is 8.26. The van der Waals surface area contributed by atoms with Crippen molar-refractivity contribution in [3.05, 3.63) is 65.2 Å². The van der Waals surface area contributed by atoms with Crippen molar-refractivity contribution in [2.75, 3.05) is 11.9 Å². The SMILES string of the molecule is CCCCN(Cc1ccccc1)C(=S)Nc1c(C)cccc1C. The van der Waals surface area contributed by atoms with Crippen molar-refractivity contribution in [1.82, 2.24) is 4.90 Å². The summed E-state index contributed by atoms with van der Waals surface area (Å²) < 4.78 is 0. The summed E-state index contributed by atoms with van der Waals surface area (Å²) in [5, 5.41) is 4.27. The van der Waals surface area contributed by atoms with Gasteiger partial charge in [0.15, 0.2) is 5.11 Å². The zero-order valence-electron chi connectivity index (χ0n) is 14.3. The molecule has 0 aliphatic rings. The second-order valence-electron chi connectivity index (χ2n) is 5.96. The quantitative estimate of drug-likeness (QED) is 0.725. The highest BCUT2D eigenvalue weighted by molar-refractivity contribution is 7.80. The number of anilines is 1. The molecule has 0 aromatic heterocycles. The highest BCUT2D eigenvalue weighted by Gasteiger charge is 2.12. The van der Waals surface area contributed by atoms with Crippen LogP contribution in [0.15, 0.2) is 48.5 Å². The molecule has 0 amide bonds. The van der Waals surface area contributed by atoms with Crippen LogP contribution in [-0.4, -0.2) is 16.6 Å². The number of para-hydroxylation sites is 1. The fraction of sp³-hybridized carbons (Fsp3) is 0.350. The molecule has 1 N–H and O–H groups in total. The van der Waals surface area contributed by atoms with Crippen molar-refractivity contribution in [3.63, 3.8) is 0 Å². The molecule has 122 valence electrons. The molecule has 2 aromatic rings. The van der Waals surface area contributed by atoms with Gasteiger partial charge in [-0.05, 0) is 49.2 Å². The number of hydrogen-bond donors (Lipinski definition) is 1. The average Bonchev–Trinajstić information content (AvgIpc) is 2.55. The van der Waals surface area contributed by atoms with Crippen molar-refractivity contribution in [3.8, 4) is 0 Å². The van der Waals surface area contributed by atoms with Crippen LogP contribution in [0.2, 0.25) is 0 Å².